The molecule has 7 heteroatoms. The first-order valence-electron chi connectivity index (χ1n) is 8.64. The van der Waals surface area contributed by atoms with E-state index in [1.165, 1.54) is 0 Å². The molecule has 1 fully saturated rings. The highest BCUT2D eigenvalue weighted by Crippen LogP contribution is 2.23. The number of hydrogen-bond donors (Lipinski definition) is 1. The summed E-state index contributed by atoms with van der Waals surface area (Å²) in [5, 5.41) is 4.77. The molecule has 1 saturated heterocycles. The fourth-order valence-electron chi connectivity index (χ4n) is 3.04. The van der Waals surface area contributed by atoms with Gasteiger partial charge in [-0.05, 0) is 53.3 Å². The molecule has 2 amide bonds. The zero-order valence-electron chi connectivity index (χ0n) is 14.9. The maximum Gasteiger partial charge on any atom is 0.270 e. The Balaban J connectivity index is 1.69. The van der Waals surface area contributed by atoms with Crippen LogP contribution in [0.15, 0.2) is 78.4 Å². The summed E-state index contributed by atoms with van der Waals surface area (Å²) in [6.07, 6.45) is 1.05. The number of halogens is 1. The summed E-state index contributed by atoms with van der Waals surface area (Å²) in [4.78, 5) is 39.2. The molecule has 5 nitrogen and oxygen atoms in total. The lowest BCUT2D eigenvalue weighted by Crippen LogP contribution is -2.54. The Morgan fingerprint density at radius 3 is 2.38 bits per heavy atom. The first kappa shape index (κ1) is 19.0. The van der Waals surface area contributed by atoms with Crippen molar-refractivity contribution in [2.75, 3.05) is 4.90 Å². The Morgan fingerprint density at radius 2 is 1.66 bits per heavy atom. The van der Waals surface area contributed by atoms with Crippen molar-refractivity contribution in [2.45, 2.75) is 0 Å². The molecule has 0 unspecified atom stereocenters. The van der Waals surface area contributed by atoms with Crippen LogP contribution < -0.4 is 10.2 Å². The number of hydrogen-bond acceptors (Lipinski definition) is 4. The number of nitrogens with zero attached hydrogens (tertiary/aromatic N) is 1. The van der Waals surface area contributed by atoms with E-state index in [1.807, 2.05) is 30.3 Å². The molecule has 142 valence electrons. The number of anilines is 1. The molecule has 0 saturated carbocycles. The SMILES string of the molecule is O=C1NC(=S)N(c2ccc(Cl)cc2)C(=O)C1=CC(=O)c1ccc2ccccc2c1. The number of thiocarbonyl (C=S) groups is 1. The molecule has 1 heterocycles. The van der Waals surface area contributed by atoms with Crippen molar-refractivity contribution in [3.05, 3.63) is 89.0 Å². The summed E-state index contributed by atoms with van der Waals surface area (Å²) in [5.41, 5.74) is 0.531. The molecule has 3 aromatic rings. The van der Waals surface area contributed by atoms with Gasteiger partial charge in [-0.1, -0.05) is 48.0 Å². The van der Waals surface area contributed by atoms with E-state index in [-0.39, 0.29) is 10.7 Å². The summed E-state index contributed by atoms with van der Waals surface area (Å²) in [6, 6.07) is 19.2. The number of rotatable bonds is 3. The summed E-state index contributed by atoms with van der Waals surface area (Å²) < 4.78 is 0. The predicted molar refractivity (Wildman–Crippen MR) is 116 cm³/mol. The lowest BCUT2D eigenvalue weighted by Gasteiger charge is -2.28. The van der Waals surface area contributed by atoms with Crippen LogP contribution in [0.2, 0.25) is 5.02 Å². The second-order valence-corrected chi connectivity index (χ2v) is 7.18. The predicted octanol–water partition coefficient (Wildman–Crippen LogP) is 4.05. The zero-order valence-corrected chi connectivity index (χ0v) is 16.5. The molecule has 0 aromatic heterocycles. The van der Waals surface area contributed by atoms with Crippen molar-refractivity contribution in [1.29, 1.82) is 0 Å². The molecule has 4 rings (SSSR count). The molecule has 0 aliphatic carbocycles. The van der Waals surface area contributed by atoms with Crippen LogP contribution in [0.25, 0.3) is 10.8 Å². The van der Waals surface area contributed by atoms with E-state index in [0.29, 0.717) is 16.3 Å². The number of nitrogens with one attached hydrogen (secondary N) is 1. The van der Waals surface area contributed by atoms with Gasteiger partial charge in [0.1, 0.15) is 5.57 Å². The van der Waals surface area contributed by atoms with Crippen molar-refractivity contribution in [3.63, 3.8) is 0 Å². The van der Waals surface area contributed by atoms with Gasteiger partial charge in [-0.2, -0.15) is 0 Å². The fourth-order valence-corrected chi connectivity index (χ4v) is 3.45. The third-order valence-electron chi connectivity index (χ3n) is 4.50. The Hall–Kier alpha value is -3.35. The average Bonchev–Trinajstić information content (AvgIpc) is 2.72. The molecule has 0 atom stereocenters. The van der Waals surface area contributed by atoms with Crippen molar-refractivity contribution in [1.82, 2.24) is 5.32 Å². The maximum atomic E-state index is 12.9. The van der Waals surface area contributed by atoms with E-state index in [0.717, 1.165) is 21.7 Å². The molecule has 3 aromatic carbocycles. The third kappa shape index (κ3) is 3.68. The summed E-state index contributed by atoms with van der Waals surface area (Å²) in [6.45, 7) is 0. The van der Waals surface area contributed by atoms with Crippen molar-refractivity contribution >= 4 is 63.0 Å². The fraction of sp³-hybridized carbons (Fsp3) is 0. The minimum absolute atomic E-state index is 0.0578. The van der Waals surface area contributed by atoms with Gasteiger partial charge < -0.3 is 0 Å². The topological polar surface area (TPSA) is 66.5 Å². The molecule has 0 bridgehead atoms. The lowest BCUT2D eigenvalue weighted by atomic mass is 10.0. The van der Waals surface area contributed by atoms with Gasteiger partial charge in [0.05, 0.1) is 5.69 Å². The number of allylic oxidation sites excluding steroid dienone is 1. The van der Waals surface area contributed by atoms with Crippen molar-refractivity contribution in [3.8, 4) is 0 Å². The molecule has 0 radical (unpaired) electrons. The Bertz CT molecular complexity index is 1220. The number of amides is 2. The average molecular weight is 421 g/mol. The van der Waals surface area contributed by atoms with Gasteiger partial charge in [0.15, 0.2) is 10.9 Å². The Kier molecular flexibility index (Phi) is 4.96. The van der Waals surface area contributed by atoms with Crippen LogP contribution in [0.5, 0.6) is 0 Å². The van der Waals surface area contributed by atoms with Crippen LogP contribution in [0.4, 0.5) is 5.69 Å². The van der Waals surface area contributed by atoms with Crippen LogP contribution in [0.1, 0.15) is 10.4 Å². The number of benzene rings is 3. The zero-order chi connectivity index (χ0) is 20.5. The monoisotopic (exact) mass is 420 g/mol. The minimum Gasteiger partial charge on any atom is -0.298 e. The van der Waals surface area contributed by atoms with Gasteiger partial charge in [-0.3, -0.25) is 24.6 Å². The normalized spacial score (nSPS) is 15.7. The minimum atomic E-state index is -0.709. The highest BCUT2D eigenvalue weighted by molar-refractivity contribution is 7.80. The van der Waals surface area contributed by atoms with E-state index in [1.54, 1.807) is 36.4 Å². The molecule has 1 aliphatic rings. The smallest absolute Gasteiger partial charge is 0.270 e. The molecule has 29 heavy (non-hydrogen) atoms. The summed E-state index contributed by atoms with van der Waals surface area (Å²) >= 11 is 11.0. The highest BCUT2D eigenvalue weighted by atomic mass is 35.5. The van der Waals surface area contributed by atoms with Crippen LogP contribution in [0.3, 0.4) is 0 Å². The van der Waals surface area contributed by atoms with Crippen LogP contribution in [-0.4, -0.2) is 22.7 Å². The van der Waals surface area contributed by atoms with Gasteiger partial charge in [-0.15, -0.1) is 0 Å². The van der Waals surface area contributed by atoms with E-state index >= 15 is 0 Å². The largest absolute Gasteiger partial charge is 0.298 e. The van der Waals surface area contributed by atoms with E-state index < -0.39 is 17.6 Å². The maximum absolute atomic E-state index is 12.9. The van der Waals surface area contributed by atoms with E-state index in [9.17, 15) is 14.4 Å². The van der Waals surface area contributed by atoms with Crippen LogP contribution in [-0.2, 0) is 9.59 Å². The molecular weight excluding hydrogens is 408 g/mol. The van der Waals surface area contributed by atoms with Crippen molar-refractivity contribution in [2.24, 2.45) is 0 Å². The first-order valence-corrected chi connectivity index (χ1v) is 9.43. The molecular formula is C22H13ClN2O3S. The number of carbonyl (C=O) groups excluding carboxylic acids is 3. The van der Waals surface area contributed by atoms with Gasteiger partial charge in [0, 0.05) is 16.7 Å². The quantitative estimate of drug-likeness (QED) is 0.300. The number of fused-ring (bicyclic) bond motifs is 1. The van der Waals surface area contributed by atoms with E-state index in [2.05, 4.69) is 5.32 Å². The third-order valence-corrected chi connectivity index (χ3v) is 5.03. The van der Waals surface area contributed by atoms with Gasteiger partial charge in [0.25, 0.3) is 11.8 Å². The Labute approximate surface area is 176 Å². The standard InChI is InChI=1S/C22H13ClN2O3S/c23-16-7-9-17(10-8-16)25-21(28)18(20(27)24-22(25)29)12-19(26)15-6-5-13-3-1-2-4-14(13)11-15/h1-12H,(H,24,27,29). The van der Waals surface area contributed by atoms with Crippen LogP contribution >= 0.6 is 23.8 Å². The second-order valence-electron chi connectivity index (χ2n) is 6.36. The molecule has 0 spiro atoms. The van der Waals surface area contributed by atoms with Gasteiger partial charge >= 0.3 is 0 Å². The second kappa shape index (κ2) is 7.58. The van der Waals surface area contributed by atoms with Gasteiger partial charge in [-0.25, -0.2) is 0 Å². The molecule has 1 aliphatic heterocycles. The number of ketones is 1. The summed E-state index contributed by atoms with van der Waals surface area (Å²) in [5.74, 6) is -1.83. The lowest BCUT2D eigenvalue weighted by molar-refractivity contribution is -0.122. The van der Waals surface area contributed by atoms with Crippen molar-refractivity contribution < 1.29 is 14.4 Å². The highest BCUT2D eigenvalue weighted by Gasteiger charge is 2.35. The van der Waals surface area contributed by atoms with Gasteiger partial charge in [0.2, 0.25) is 0 Å². The van der Waals surface area contributed by atoms with Crippen LogP contribution in [0, 0.1) is 0 Å². The summed E-state index contributed by atoms with van der Waals surface area (Å²) in [7, 11) is 0. The Morgan fingerprint density at radius 1 is 0.966 bits per heavy atom. The number of carbonyl (C=O) groups is 3. The first-order chi connectivity index (χ1) is 13.9. The van der Waals surface area contributed by atoms with E-state index in [4.69, 9.17) is 23.8 Å². The molecule has 1 N–H and O–H groups in total.